The Bertz CT molecular complexity index is 504. The van der Waals surface area contributed by atoms with Crippen LogP contribution in [0.2, 0.25) is 0 Å². The van der Waals surface area contributed by atoms with Gasteiger partial charge in [-0.05, 0) is 13.8 Å². The highest BCUT2D eigenvalue weighted by Gasteiger charge is 2.32. The maximum absolute atomic E-state index is 12.1. The predicted octanol–water partition coefficient (Wildman–Crippen LogP) is 0.989. The lowest BCUT2D eigenvalue weighted by molar-refractivity contribution is -0.128. The second-order valence-electron chi connectivity index (χ2n) is 5.56. The Morgan fingerprint density at radius 2 is 2.25 bits per heavy atom. The summed E-state index contributed by atoms with van der Waals surface area (Å²) in [5.41, 5.74) is 1.91. The van der Waals surface area contributed by atoms with Crippen molar-refractivity contribution in [3.05, 3.63) is 17.0 Å². The van der Waals surface area contributed by atoms with E-state index in [-0.39, 0.29) is 23.7 Å². The highest BCUT2D eigenvalue weighted by atomic mass is 16.5. The first-order valence-electron chi connectivity index (χ1n) is 6.84. The summed E-state index contributed by atoms with van der Waals surface area (Å²) in [4.78, 5) is 25.1. The topological polar surface area (TPSA) is 75.4 Å². The van der Waals surface area contributed by atoms with Crippen LogP contribution in [0.25, 0.3) is 0 Å². The molecule has 1 aliphatic rings. The molecule has 0 aliphatic carbocycles. The molecule has 0 radical (unpaired) electrons. The van der Waals surface area contributed by atoms with Gasteiger partial charge in [0.2, 0.25) is 11.8 Å². The number of rotatable bonds is 4. The monoisotopic (exact) mass is 279 g/mol. The average Bonchev–Trinajstić information content (AvgIpc) is 2.90. The molecule has 20 heavy (non-hydrogen) atoms. The first-order valence-corrected chi connectivity index (χ1v) is 6.84. The molecule has 1 N–H and O–H groups in total. The van der Waals surface area contributed by atoms with E-state index in [1.807, 2.05) is 20.8 Å². The summed E-state index contributed by atoms with van der Waals surface area (Å²) in [6.45, 7) is 6.83. The number of nitrogens with zero attached hydrogens (tertiary/aromatic N) is 2. The molecule has 1 aliphatic heterocycles. The van der Waals surface area contributed by atoms with E-state index in [2.05, 4.69) is 10.5 Å². The smallest absolute Gasteiger partial charge is 0.225 e. The number of carbonyl (C=O) groups excluding carboxylic acids is 2. The molecule has 0 unspecified atom stereocenters. The zero-order valence-electron chi connectivity index (χ0n) is 12.4. The summed E-state index contributed by atoms with van der Waals surface area (Å²) in [6.07, 6.45) is 0.308. The second kappa shape index (κ2) is 5.64. The highest BCUT2D eigenvalue weighted by molar-refractivity contribution is 5.89. The molecule has 0 spiro atoms. The molecule has 1 fully saturated rings. The van der Waals surface area contributed by atoms with Gasteiger partial charge in [0.1, 0.15) is 5.76 Å². The van der Waals surface area contributed by atoms with Crippen LogP contribution in [0.1, 0.15) is 36.3 Å². The number of amides is 2. The molecule has 0 aromatic carbocycles. The molecular formula is C14H21N3O3. The lowest BCUT2D eigenvalue weighted by atomic mass is 9.99. The molecule has 2 amide bonds. The van der Waals surface area contributed by atoms with E-state index >= 15 is 0 Å². The molecule has 1 aromatic rings. The number of aromatic nitrogens is 1. The van der Waals surface area contributed by atoms with Crippen molar-refractivity contribution in [2.45, 2.75) is 33.1 Å². The second-order valence-corrected chi connectivity index (χ2v) is 5.56. The van der Waals surface area contributed by atoms with E-state index in [9.17, 15) is 9.59 Å². The Morgan fingerprint density at radius 3 is 2.75 bits per heavy atom. The van der Waals surface area contributed by atoms with Crippen LogP contribution in [0, 0.1) is 19.8 Å². The SMILES string of the molecule is Cc1noc(C)c1[C@@H](C)CNC(=O)[C@H]1CC(=O)N(C)C1. The normalized spacial score (nSPS) is 20.3. The van der Waals surface area contributed by atoms with Gasteiger partial charge in [-0.25, -0.2) is 0 Å². The summed E-state index contributed by atoms with van der Waals surface area (Å²) in [5, 5.41) is 6.84. The summed E-state index contributed by atoms with van der Waals surface area (Å²) >= 11 is 0. The Balaban J connectivity index is 1.89. The zero-order valence-corrected chi connectivity index (χ0v) is 12.4. The fourth-order valence-electron chi connectivity index (χ4n) is 2.73. The molecule has 110 valence electrons. The number of likely N-dealkylation sites (tertiary alicyclic amines) is 1. The number of hydrogen-bond acceptors (Lipinski definition) is 4. The third kappa shape index (κ3) is 2.84. The molecule has 0 saturated carbocycles. The van der Waals surface area contributed by atoms with E-state index in [4.69, 9.17) is 4.52 Å². The van der Waals surface area contributed by atoms with Gasteiger partial charge in [0.25, 0.3) is 0 Å². The van der Waals surface area contributed by atoms with Gasteiger partial charge in [-0.3, -0.25) is 9.59 Å². The minimum absolute atomic E-state index is 0.0314. The number of nitrogens with one attached hydrogen (secondary N) is 1. The molecule has 1 saturated heterocycles. The Morgan fingerprint density at radius 1 is 1.55 bits per heavy atom. The van der Waals surface area contributed by atoms with Crippen LogP contribution in [-0.4, -0.2) is 42.0 Å². The summed E-state index contributed by atoms with van der Waals surface area (Å²) in [6, 6.07) is 0. The number of hydrogen-bond donors (Lipinski definition) is 1. The van der Waals surface area contributed by atoms with Gasteiger partial charge in [-0.1, -0.05) is 12.1 Å². The Hall–Kier alpha value is -1.85. The third-order valence-corrected chi connectivity index (χ3v) is 3.88. The van der Waals surface area contributed by atoms with Crippen molar-refractivity contribution >= 4 is 11.8 Å². The fraction of sp³-hybridized carbons (Fsp3) is 0.643. The molecular weight excluding hydrogens is 258 g/mol. The van der Waals surface area contributed by atoms with Gasteiger partial charge in [0.05, 0.1) is 11.6 Å². The Kier molecular flexibility index (Phi) is 4.11. The predicted molar refractivity (Wildman–Crippen MR) is 73.1 cm³/mol. The van der Waals surface area contributed by atoms with Gasteiger partial charge >= 0.3 is 0 Å². The van der Waals surface area contributed by atoms with Crippen LogP contribution in [0.4, 0.5) is 0 Å². The van der Waals surface area contributed by atoms with Crippen molar-refractivity contribution < 1.29 is 14.1 Å². The molecule has 6 nitrogen and oxygen atoms in total. The van der Waals surface area contributed by atoms with Crippen molar-refractivity contribution in [3.63, 3.8) is 0 Å². The van der Waals surface area contributed by atoms with Gasteiger partial charge in [0, 0.05) is 38.0 Å². The number of aryl methyl sites for hydroxylation is 2. The van der Waals surface area contributed by atoms with Crippen molar-refractivity contribution in [2.75, 3.05) is 20.1 Å². The largest absolute Gasteiger partial charge is 0.361 e. The van der Waals surface area contributed by atoms with Crippen molar-refractivity contribution in [3.8, 4) is 0 Å². The lowest BCUT2D eigenvalue weighted by Crippen LogP contribution is -2.34. The third-order valence-electron chi connectivity index (χ3n) is 3.88. The first kappa shape index (κ1) is 14.6. The minimum atomic E-state index is -0.232. The fourth-order valence-corrected chi connectivity index (χ4v) is 2.73. The Labute approximate surface area is 118 Å². The van der Waals surface area contributed by atoms with E-state index in [1.165, 1.54) is 0 Å². The molecule has 0 bridgehead atoms. The van der Waals surface area contributed by atoms with Crippen LogP contribution in [-0.2, 0) is 9.59 Å². The van der Waals surface area contributed by atoms with Gasteiger partial charge < -0.3 is 14.7 Å². The van der Waals surface area contributed by atoms with Crippen LogP contribution < -0.4 is 5.32 Å². The van der Waals surface area contributed by atoms with Gasteiger partial charge in [-0.2, -0.15) is 0 Å². The molecule has 6 heteroatoms. The summed E-state index contributed by atoms with van der Waals surface area (Å²) < 4.78 is 5.14. The van der Waals surface area contributed by atoms with Crippen molar-refractivity contribution in [1.29, 1.82) is 0 Å². The molecule has 2 rings (SSSR count). The maximum atomic E-state index is 12.1. The van der Waals surface area contributed by atoms with Gasteiger partial charge in [-0.15, -0.1) is 0 Å². The lowest BCUT2D eigenvalue weighted by Gasteiger charge is -2.15. The molecule has 2 heterocycles. The van der Waals surface area contributed by atoms with E-state index < -0.39 is 0 Å². The summed E-state index contributed by atoms with van der Waals surface area (Å²) in [7, 11) is 1.72. The van der Waals surface area contributed by atoms with Crippen molar-refractivity contribution in [1.82, 2.24) is 15.4 Å². The van der Waals surface area contributed by atoms with Crippen molar-refractivity contribution in [2.24, 2.45) is 5.92 Å². The van der Waals surface area contributed by atoms with Crippen LogP contribution in [0.5, 0.6) is 0 Å². The van der Waals surface area contributed by atoms with Crippen LogP contribution in [0.3, 0.4) is 0 Å². The van der Waals surface area contributed by atoms with E-state index in [1.54, 1.807) is 11.9 Å². The molecule has 2 atom stereocenters. The van der Waals surface area contributed by atoms with E-state index in [0.29, 0.717) is 19.5 Å². The summed E-state index contributed by atoms with van der Waals surface area (Å²) in [5.74, 6) is 0.676. The quantitative estimate of drug-likeness (QED) is 0.891. The molecule has 1 aromatic heterocycles. The van der Waals surface area contributed by atoms with E-state index in [0.717, 1.165) is 17.0 Å². The minimum Gasteiger partial charge on any atom is -0.361 e. The average molecular weight is 279 g/mol. The first-order chi connectivity index (χ1) is 9.40. The van der Waals surface area contributed by atoms with Gasteiger partial charge in [0.15, 0.2) is 0 Å². The highest BCUT2D eigenvalue weighted by Crippen LogP contribution is 2.23. The maximum Gasteiger partial charge on any atom is 0.225 e. The zero-order chi connectivity index (χ0) is 14.9. The number of carbonyl (C=O) groups is 2. The van der Waals surface area contributed by atoms with Crippen LogP contribution in [0.15, 0.2) is 4.52 Å². The van der Waals surface area contributed by atoms with Crippen LogP contribution >= 0.6 is 0 Å². The standard InChI is InChI=1S/C14H21N3O3/c1-8(13-9(2)16-20-10(13)3)6-15-14(19)11-5-12(18)17(4)7-11/h8,11H,5-7H2,1-4H3,(H,15,19)/t8-,11-/m0/s1.